The first-order valence-corrected chi connectivity index (χ1v) is 9.94. The number of hydrogen-bond donors (Lipinski definition) is 0. The van der Waals surface area contributed by atoms with Crippen LogP contribution < -0.4 is 4.90 Å². The zero-order valence-electron chi connectivity index (χ0n) is 15.7. The average Bonchev–Trinajstić information content (AvgIpc) is 3.30. The Morgan fingerprint density at radius 1 is 1.19 bits per heavy atom. The normalized spacial score (nSPS) is 22.3. The smallest absolute Gasteiger partial charge is 0.410 e. The van der Waals surface area contributed by atoms with Crippen LogP contribution in [0, 0.1) is 11.8 Å². The van der Waals surface area contributed by atoms with Crippen molar-refractivity contribution in [1.82, 2.24) is 9.88 Å². The molecular weight excluding hydrogens is 362 g/mol. The van der Waals surface area contributed by atoms with Crippen molar-refractivity contribution in [3.8, 4) is 10.4 Å². The predicted octanol–water partition coefficient (Wildman–Crippen LogP) is 3.64. The van der Waals surface area contributed by atoms with Crippen molar-refractivity contribution in [3.63, 3.8) is 0 Å². The summed E-state index contributed by atoms with van der Waals surface area (Å²) in [7, 11) is 0. The maximum absolute atomic E-state index is 12.9. The fourth-order valence-electron chi connectivity index (χ4n) is 3.63. The third-order valence-corrected chi connectivity index (χ3v) is 5.95. The van der Waals surface area contributed by atoms with Crippen molar-refractivity contribution in [2.75, 3.05) is 24.5 Å². The Labute approximate surface area is 162 Å². The summed E-state index contributed by atoms with van der Waals surface area (Å²) in [6.45, 7) is 7.12. The molecule has 0 unspecified atom stereocenters. The Morgan fingerprint density at radius 2 is 1.93 bits per heavy atom. The van der Waals surface area contributed by atoms with Gasteiger partial charge < -0.3 is 9.64 Å². The lowest BCUT2D eigenvalue weighted by Crippen LogP contribution is -2.38. The van der Waals surface area contributed by atoms with E-state index in [1.807, 2.05) is 57.3 Å². The highest BCUT2D eigenvalue weighted by Gasteiger charge is 2.49. The summed E-state index contributed by atoms with van der Waals surface area (Å²) in [6, 6.07) is 10.0. The number of thiazole rings is 1. The van der Waals surface area contributed by atoms with Crippen LogP contribution in [0.25, 0.3) is 10.4 Å². The number of carbonyl (C=O) groups excluding carboxylic acids is 2. The van der Waals surface area contributed by atoms with Crippen LogP contribution >= 0.6 is 11.3 Å². The quantitative estimate of drug-likeness (QED) is 0.792. The van der Waals surface area contributed by atoms with Gasteiger partial charge in [0, 0.05) is 31.7 Å². The van der Waals surface area contributed by atoms with Gasteiger partial charge in [-0.25, -0.2) is 9.78 Å². The van der Waals surface area contributed by atoms with Crippen LogP contribution in [0.15, 0.2) is 36.5 Å². The molecule has 2 aliphatic heterocycles. The van der Waals surface area contributed by atoms with Crippen molar-refractivity contribution in [1.29, 1.82) is 0 Å². The summed E-state index contributed by atoms with van der Waals surface area (Å²) in [5, 5.41) is 0.733. The highest BCUT2D eigenvalue weighted by molar-refractivity contribution is 7.19. The zero-order valence-corrected chi connectivity index (χ0v) is 16.5. The van der Waals surface area contributed by atoms with E-state index in [9.17, 15) is 9.59 Å². The van der Waals surface area contributed by atoms with Gasteiger partial charge in [0.2, 0.25) is 5.91 Å². The summed E-state index contributed by atoms with van der Waals surface area (Å²) in [5.74, 6) is 0.0238. The molecule has 2 fully saturated rings. The average molecular weight is 385 g/mol. The molecule has 27 heavy (non-hydrogen) atoms. The van der Waals surface area contributed by atoms with Crippen molar-refractivity contribution < 1.29 is 14.3 Å². The molecule has 2 atom stereocenters. The summed E-state index contributed by atoms with van der Waals surface area (Å²) in [6.07, 6.45) is 1.49. The van der Waals surface area contributed by atoms with Gasteiger partial charge in [-0.1, -0.05) is 41.7 Å². The van der Waals surface area contributed by atoms with Crippen molar-refractivity contribution >= 4 is 28.5 Å². The molecule has 3 heterocycles. The molecule has 1 aromatic heterocycles. The van der Waals surface area contributed by atoms with Gasteiger partial charge in [0.15, 0.2) is 5.13 Å². The number of ether oxygens (including phenoxy) is 1. The van der Waals surface area contributed by atoms with E-state index in [-0.39, 0.29) is 23.8 Å². The largest absolute Gasteiger partial charge is 0.444 e. The van der Waals surface area contributed by atoms with Gasteiger partial charge in [-0.05, 0) is 26.3 Å². The summed E-state index contributed by atoms with van der Waals surface area (Å²) in [4.78, 5) is 34.1. The molecule has 0 spiro atoms. The Balaban J connectivity index is 1.44. The van der Waals surface area contributed by atoms with E-state index in [2.05, 4.69) is 4.98 Å². The van der Waals surface area contributed by atoms with Crippen LogP contribution in [0.5, 0.6) is 0 Å². The summed E-state index contributed by atoms with van der Waals surface area (Å²) >= 11 is 1.53. The highest BCUT2D eigenvalue weighted by Crippen LogP contribution is 2.39. The van der Waals surface area contributed by atoms with E-state index in [0.717, 1.165) is 15.6 Å². The molecule has 1 aromatic carbocycles. The first-order valence-electron chi connectivity index (χ1n) is 9.12. The van der Waals surface area contributed by atoms with Crippen LogP contribution in [0.1, 0.15) is 20.8 Å². The van der Waals surface area contributed by atoms with Gasteiger partial charge >= 0.3 is 6.09 Å². The minimum atomic E-state index is -0.528. The first-order chi connectivity index (χ1) is 12.8. The maximum Gasteiger partial charge on any atom is 0.410 e. The number of likely N-dealkylation sites (tertiary alicyclic amines) is 1. The summed E-state index contributed by atoms with van der Waals surface area (Å²) < 4.78 is 5.44. The number of aromatic nitrogens is 1. The number of amides is 2. The lowest BCUT2D eigenvalue weighted by atomic mass is 10.0. The number of fused-ring (bicyclic) bond motifs is 1. The minimum Gasteiger partial charge on any atom is -0.444 e. The number of carbonyl (C=O) groups is 2. The molecule has 2 aromatic rings. The van der Waals surface area contributed by atoms with Crippen molar-refractivity contribution in [2.24, 2.45) is 11.8 Å². The van der Waals surface area contributed by atoms with Gasteiger partial charge in [-0.2, -0.15) is 0 Å². The molecule has 2 aliphatic rings. The second-order valence-electron chi connectivity index (χ2n) is 8.07. The highest BCUT2D eigenvalue weighted by atomic mass is 32.1. The number of benzene rings is 1. The molecule has 0 bridgehead atoms. The Bertz CT molecular complexity index is 859. The second-order valence-corrected chi connectivity index (χ2v) is 9.08. The minimum absolute atomic E-state index is 0.0556. The Kier molecular flexibility index (Phi) is 4.42. The molecule has 142 valence electrons. The SMILES string of the molecule is CC(C)(C)OC(=O)N1C[C@@H]2CN(c3ncc(-c4ccccc4)s3)C(=O)[C@@H]2C1. The molecule has 7 heteroatoms. The van der Waals surface area contributed by atoms with Gasteiger partial charge in [-0.3, -0.25) is 9.69 Å². The number of hydrogen-bond acceptors (Lipinski definition) is 5. The zero-order chi connectivity index (χ0) is 19.2. The van der Waals surface area contributed by atoms with Crippen LogP contribution in [-0.4, -0.2) is 47.1 Å². The molecule has 4 rings (SSSR count). The monoisotopic (exact) mass is 385 g/mol. The molecule has 0 radical (unpaired) electrons. The Hall–Kier alpha value is -2.41. The van der Waals surface area contributed by atoms with E-state index in [1.54, 1.807) is 9.80 Å². The molecule has 0 N–H and O–H groups in total. The van der Waals surface area contributed by atoms with E-state index in [0.29, 0.717) is 19.6 Å². The van der Waals surface area contributed by atoms with E-state index < -0.39 is 5.60 Å². The van der Waals surface area contributed by atoms with E-state index in [1.165, 1.54) is 11.3 Å². The van der Waals surface area contributed by atoms with Crippen LogP contribution in [0.2, 0.25) is 0 Å². The van der Waals surface area contributed by atoms with Crippen LogP contribution in [-0.2, 0) is 9.53 Å². The third-order valence-electron chi connectivity index (χ3n) is 4.88. The van der Waals surface area contributed by atoms with Crippen LogP contribution in [0.3, 0.4) is 0 Å². The van der Waals surface area contributed by atoms with Gasteiger partial charge in [-0.15, -0.1) is 0 Å². The van der Waals surface area contributed by atoms with E-state index in [4.69, 9.17) is 4.74 Å². The molecule has 2 amide bonds. The molecule has 2 saturated heterocycles. The molecule has 0 aliphatic carbocycles. The lowest BCUT2D eigenvalue weighted by Gasteiger charge is -2.25. The predicted molar refractivity (Wildman–Crippen MR) is 105 cm³/mol. The number of rotatable bonds is 2. The topological polar surface area (TPSA) is 62.7 Å². The maximum atomic E-state index is 12.9. The molecule has 6 nitrogen and oxygen atoms in total. The van der Waals surface area contributed by atoms with Crippen molar-refractivity contribution in [2.45, 2.75) is 26.4 Å². The summed E-state index contributed by atoms with van der Waals surface area (Å²) in [5.41, 5.74) is 0.573. The third kappa shape index (κ3) is 3.56. The fourth-order valence-corrected chi connectivity index (χ4v) is 4.57. The van der Waals surface area contributed by atoms with Crippen molar-refractivity contribution in [3.05, 3.63) is 36.5 Å². The Morgan fingerprint density at radius 3 is 2.59 bits per heavy atom. The van der Waals surface area contributed by atoms with Crippen LogP contribution in [0.4, 0.5) is 9.93 Å². The van der Waals surface area contributed by atoms with E-state index >= 15 is 0 Å². The van der Waals surface area contributed by atoms with Gasteiger partial charge in [0.05, 0.1) is 10.8 Å². The number of nitrogens with zero attached hydrogens (tertiary/aromatic N) is 3. The lowest BCUT2D eigenvalue weighted by molar-refractivity contribution is -0.120. The standard InChI is InChI=1S/C20H23N3O3S/c1-20(2,3)26-19(25)22-10-14-11-23(17(24)15(14)12-22)18-21-9-16(27-18)13-7-5-4-6-8-13/h4-9,14-15H,10-12H2,1-3H3/t14-,15-/m1/s1. The first kappa shape index (κ1) is 18.0. The molecule has 0 saturated carbocycles. The molecular formula is C20H23N3O3S. The van der Waals surface area contributed by atoms with Gasteiger partial charge in [0.1, 0.15) is 5.60 Å². The van der Waals surface area contributed by atoms with Gasteiger partial charge in [0.25, 0.3) is 0 Å². The fraction of sp³-hybridized carbons (Fsp3) is 0.450. The number of anilines is 1. The second kappa shape index (κ2) is 6.64.